The molecule has 0 aromatic carbocycles. The Morgan fingerprint density at radius 3 is 3.00 bits per heavy atom. The first-order chi connectivity index (χ1) is 7.70. The van der Waals surface area contributed by atoms with Crippen molar-refractivity contribution in [3.63, 3.8) is 0 Å². The van der Waals surface area contributed by atoms with Gasteiger partial charge >= 0.3 is 6.01 Å². The van der Waals surface area contributed by atoms with Gasteiger partial charge in [0.25, 0.3) is 0 Å². The van der Waals surface area contributed by atoms with Gasteiger partial charge in [0.05, 0.1) is 0 Å². The molecule has 1 unspecified atom stereocenters. The topological polar surface area (TPSA) is 62.4 Å². The van der Waals surface area contributed by atoms with Gasteiger partial charge in [0, 0.05) is 25.6 Å². The van der Waals surface area contributed by atoms with E-state index in [1.807, 2.05) is 13.8 Å². The first-order valence-corrected chi connectivity index (χ1v) is 5.90. The molecule has 0 saturated carbocycles. The van der Waals surface area contributed by atoms with Gasteiger partial charge in [0.1, 0.15) is 0 Å². The molecule has 1 N–H and O–H groups in total. The molecule has 16 heavy (non-hydrogen) atoms. The molecular weight excluding hydrogens is 206 g/mol. The lowest BCUT2D eigenvalue weighted by Gasteiger charge is -2.29. The molecule has 5 nitrogen and oxygen atoms in total. The van der Waals surface area contributed by atoms with Gasteiger partial charge in [-0.25, -0.2) is 0 Å². The number of hydrogen-bond donors (Lipinski definition) is 1. The first-order valence-electron chi connectivity index (χ1n) is 5.90. The zero-order valence-electron chi connectivity index (χ0n) is 9.89. The largest absolute Gasteiger partial charge is 0.396 e. The van der Waals surface area contributed by atoms with Gasteiger partial charge in [-0.2, -0.15) is 4.98 Å². The van der Waals surface area contributed by atoms with Crippen LogP contribution in [0.4, 0.5) is 6.01 Å². The summed E-state index contributed by atoms with van der Waals surface area (Å²) < 4.78 is 5.24. The van der Waals surface area contributed by atoms with Crippen LogP contribution in [0.15, 0.2) is 4.52 Å². The van der Waals surface area contributed by atoms with E-state index in [9.17, 15) is 0 Å². The molecule has 0 aliphatic carbocycles. The highest BCUT2D eigenvalue weighted by Crippen LogP contribution is 2.22. The number of aliphatic hydroxyl groups is 1. The Labute approximate surface area is 95.4 Å². The Morgan fingerprint density at radius 1 is 1.56 bits per heavy atom. The molecule has 2 heterocycles. The lowest BCUT2D eigenvalue weighted by atomic mass is 9.99. The maximum Gasteiger partial charge on any atom is 0.324 e. The fraction of sp³-hybridized carbons (Fsp3) is 0.818. The van der Waals surface area contributed by atoms with Crippen molar-refractivity contribution in [2.45, 2.75) is 32.6 Å². The van der Waals surface area contributed by atoms with Gasteiger partial charge in [0.2, 0.25) is 0 Å². The van der Waals surface area contributed by atoms with E-state index < -0.39 is 0 Å². The van der Waals surface area contributed by atoms with E-state index in [0.29, 0.717) is 11.9 Å². The van der Waals surface area contributed by atoms with E-state index in [0.717, 1.165) is 31.8 Å². The fourth-order valence-corrected chi connectivity index (χ4v) is 1.98. The number of anilines is 1. The predicted octanol–water partition coefficient (Wildman–Crippen LogP) is 1.40. The van der Waals surface area contributed by atoms with Crippen molar-refractivity contribution < 1.29 is 9.63 Å². The summed E-state index contributed by atoms with van der Waals surface area (Å²) >= 11 is 0. The summed E-state index contributed by atoms with van der Waals surface area (Å²) in [6.45, 7) is 6.08. The van der Waals surface area contributed by atoms with Crippen LogP contribution in [0.1, 0.15) is 38.4 Å². The predicted molar refractivity (Wildman–Crippen MR) is 60.4 cm³/mol. The number of aliphatic hydroxyl groups excluding tert-OH is 1. The lowest BCUT2D eigenvalue weighted by molar-refractivity contribution is 0.205. The number of hydrogen-bond acceptors (Lipinski definition) is 5. The molecule has 2 rings (SSSR count). The fourth-order valence-electron chi connectivity index (χ4n) is 1.98. The molecule has 90 valence electrons. The molecule has 1 atom stereocenters. The summed E-state index contributed by atoms with van der Waals surface area (Å²) in [6, 6.07) is 0.599. The highest BCUT2D eigenvalue weighted by molar-refractivity contribution is 5.26. The molecule has 1 fully saturated rings. The third-order valence-electron chi connectivity index (χ3n) is 3.00. The van der Waals surface area contributed by atoms with Crippen LogP contribution in [-0.2, 0) is 0 Å². The van der Waals surface area contributed by atoms with Crippen molar-refractivity contribution in [3.8, 4) is 0 Å². The summed E-state index contributed by atoms with van der Waals surface area (Å²) in [7, 11) is 0. The number of nitrogens with zero attached hydrogens (tertiary/aromatic N) is 3. The summed E-state index contributed by atoms with van der Waals surface area (Å²) in [5.41, 5.74) is 0. The van der Waals surface area contributed by atoms with Crippen molar-refractivity contribution in [2.24, 2.45) is 5.92 Å². The third kappa shape index (κ3) is 2.35. The Hall–Kier alpha value is -1.10. The second kappa shape index (κ2) is 4.82. The zero-order valence-corrected chi connectivity index (χ0v) is 9.89. The van der Waals surface area contributed by atoms with E-state index in [4.69, 9.17) is 9.63 Å². The summed E-state index contributed by atoms with van der Waals surface area (Å²) in [5, 5.41) is 13.1. The maximum absolute atomic E-state index is 9.16. The van der Waals surface area contributed by atoms with Crippen LogP contribution < -0.4 is 4.90 Å². The molecule has 1 saturated heterocycles. The number of rotatable bonds is 3. The molecule has 0 bridgehead atoms. The van der Waals surface area contributed by atoms with Crippen LogP contribution in [0.3, 0.4) is 0 Å². The van der Waals surface area contributed by atoms with Gasteiger partial charge in [-0.1, -0.05) is 19.0 Å². The molecule has 1 aromatic rings. The second-order valence-corrected chi connectivity index (χ2v) is 4.73. The van der Waals surface area contributed by atoms with Gasteiger partial charge in [0.15, 0.2) is 5.82 Å². The van der Waals surface area contributed by atoms with E-state index in [2.05, 4.69) is 15.0 Å². The van der Waals surface area contributed by atoms with Crippen LogP contribution in [0, 0.1) is 5.92 Å². The standard InChI is InChI=1S/C11H19N3O2/c1-8(2)10-12-11(16-13-10)14-5-3-4-9(6-14)7-15/h8-9,15H,3-7H2,1-2H3. The van der Waals surface area contributed by atoms with E-state index in [1.54, 1.807) is 0 Å². The molecule has 0 spiro atoms. The summed E-state index contributed by atoms with van der Waals surface area (Å²) in [6.07, 6.45) is 2.16. The van der Waals surface area contributed by atoms with Gasteiger partial charge in [-0.3, -0.25) is 0 Å². The van der Waals surface area contributed by atoms with Crippen molar-refractivity contribution in [2.75, 3.05) is 24.6 Å². The molecule has 5 heteroatoms. The average Bonchev–Trinajstić information content (AvgIpc) is 2.78. The maximum atomic E-state index is 9.16. The normalized spacial score (nSPS) is 21.8. The average molecular weight is 225 g/mol. The van der Waals surface area contributed by atoms with Crippen molar-refractivity contribution >= 4 is 6.01 Å². The zero-order chi connectivity index (χ0) is 11.5. The Kier molecular flexibility index (Phi) is 3.43. The van der Waals surface area contributed by atoms with Crippen LogP contribution >= 0.6 is 0 Å². The Morgan fingerprint density at radius 2 is 2.38 bits per heavy atom. The summed E-state index contributed by atoms with van der Waals surface area (Å²) in [5.74, 6) is 1.38. The van der Waals surface area contributed by atoms with Gasteiger partial charge < -0.3 is 14.5 Å². The number of aromatic nitrogens is 2. The van der Waals surface area contributed by atoms with Crippen molar-refractivity contribution in [1.29, 1.82) is 0 Å². The Bertz CT molecular complexity index is 338. The van der Waals surface area contributed by atoms with Crippen LogP contribution in [-0.4, -0.2) is 34.9 Å². The molecular formula is C11H19N3O2. The van der Waals surface area contributed by atoms with E-state index in [-0.39, 0.29) is 12.5 Å². The minimum Gasteiger partial charge on any atom is -0.396 e. The quantitative estimate of drug-likeness (QED) is 0.842. The Balaban J connectivity index is 2.05. The smallest absolute Gasteiger partial charge is 0.324 e. The minimum absolute atomic E-state index is 0.238. The monoisotopic (exact) mass is 225 g/mol. The van der Waals surface area contributed by atoms with Gasteiger partial charge in [-0.05, 0) is 18.8 Å². The first kappa shape index (κ1) is 11.4. The lowest BCUT2D eigenvalue weighted by Crippen LogP contribution is -2.37. The van der Waals surface area contributed by atoms with Crippen molar-refractivity contribution in [3.05, 3.63) is 5.82 Å². The van der Waals surface area contributed by atoms with E-state index in [1.165, 1.54) is 0 Å². The highest BCUT2D eigenvalue weighted by atomic mass is 16.5. The molecule has 1 aromatic heterocycles. The molecule has 0 radical (unpaired) electrons. The number of piperidine rings is 1. The third-order valence-corrected chi connectivity index (χ3v) is 3.00. The van der Waals surface area contributed by atoms with Crippen LogP contribution in [0.5, 0.6) is 0 Å². The van der Waals surface area contributed by atoms with Crippen LogP contribution in [0.25, 0.3) is 0 Å². The SMILES string of the molecule is CC(C)c1noc(N2CCCC(CO)C2)n1. The van der Waals surface area contributed by atoms with Crippen molar-refractivity contribution in [1.82, 2.24) is 10.1 Å². The van der Waals surface area contributed by atoms with Crippen LogP contribution in [0.2, 0.25) is 0 Å². The molecule has 0 amide bonds. The molecule has 1 aliphatic rings. The van der Waals surface area contributed by atoms with E-state index >= 15 is 0 Å². The highest BCUT2D eigenvalue weighted by Gasteiger charge is 2.23. The molecule has 1 aliphatic heterocycles. The van der Waals surface area contributed by atoms with Gasteiger partial charge in [-0.15, -0.1) is 0 Å². The second-order valence-electron chi connectivity index (χ2n) is 4.73. The summed E-state index contributed by atoms with van der Waals surface area (Å²) in [4.78, 5) is 6.44. The minimum atomic E-state index is 0.238.